The number of carbonyl (C=O) groups is 1. The summed E-state index contributed by atoms with van der Waals surface area (Å²) in [6.45, 7) is 7.92. The molecule has 0 saturated carbocycles. The number of hydrogen-bond donors (Lipinski definition) is 3. The maximum Gasteiger partial charge on any atom is 0.265 e. The van der Waals surface area contributed by atoms with Gasteiger partial charge in [-0.15, -0.1) is 0 Å². The van der Waals surface area contributed by atoms with E-state index in [0.717, 1.165) is 0 Å². The lowest BCUT2D eigenvalue weighted by atomic mass is 10.1. The molecule has 4 N–H and O–H groups in total. The van der Waals surface area contributed by atoms with Crippen molar-refractivity contribution in [3.05, 3.63) is 4.88 Å². The number of aromatic nitrogens is 1. The van der Waals surface area contributed by atoms with E-state index in [-0.39, 0.29) is 23.3 Å². The van der Waals surface area contributed by atoms with Gasteiger partial charge in [0.05, 0.1) is 0 Å². The van der Waals surface area contributed by atoms with Crippen LogP contribution in [0.2, 0.25) is 0 Å². The maximum atomic E-state index is 12.2. The third-order valence-electron chi connectivity index (χ3n) is 2.56. The van der Waals surface area contributed by atoms with Crippen LogP contribution in [0.1, 0.15) is 43.8 Å². The minimum atomic E-state index is -0.853. The first-order chi connectivity index (χ1) is 9.58. The van der Waals surface area contributed by atoms with Crippen LogP contribution in [0.15, 0.2) is 0 Å². The number of hydrogen-bond acceptors (Lipinski definition) is 6. The van der Waals surface area contributed by atoms with Gasteiger partial charge in [-0.3, -0.25) is 9.00 Å². The van der Waals surface area contributed by atoms with Crippen LogP contribution in [-0.2, 0) is 10.8 Å². The number of thiazole rings is 1. The van der Waals surface area contributed by atoms with Crippen molar-refractivity contribution in [1.29, 1.82) is 0 Å². The molecule has 21 heavy (non-hydrogen) atoms. The van der Waals surface area contributed by atoms with Crippen LogP contribution < -0.4 is 16.4 Å². The summed E-state index contributed by atoms with van der Waals surface area (Å²) in [5.74, 6) is 0.563. The number of nitrogens with one attached hydrogen (secondary N) is 2. The largest absolute Gasteiger partial charge is 0.382 e. The van der Waals surface area contributed by atoms with Crippen molar-refractivity contribution in [2.75, 3.05) is 23.1 Å². The van der Waals surface area contributed by atoms with Crippen LogP contribution in [-0.4, -0.2) is 38.7 Å². The Kier molecular flexibility index (Phi) is 6.15. The third-order valence-corrected chi connectivity index (χ3v) is 4.35. The summed E-state index contributed by atoms with van der Waals surface area (Å²) >= 11 is 1.24. The van der Waals surface area contributed by atoms with Crippen LogP contribution in [0.5, 0.6) is 0 Å². The summed E-state index contributed by atoms with van der Waals surface area (Å²) in [6.07, 6.45) is 2.32. The predicted octanol–water partition coefficient (Wildman–Crippen LogP) is 1.82. The van der Waals surface area contributed by atoms with Crippen LogP contribution in [0.3, 0.4) is 0 Å². The normalized spacial score (nSPS) is 14.5. The Morgan fingerprint density at radius 1 is 1.48 bits per heavy atom. The number of nitrogens with zero attached hydrogens (tertiary/aromatic N) is 1. The Morgan fingerprint density at radius 2 is 2.10 bits per heavy atom. The number of nitrogens with two attached hydrogens (primary N) is 1. The zero-order valence-corrected chi connectivity index (χ0v) is 14.8. The number of anilines is 2. The second-order valence-electron chi connectivity index (χ2n) is 6.05. The highest BCUT2D eigenvalue weighted by Gasteiger charge is 2.20. The van der Waals surface area contributed by atoms with Crippen molar-refractivity contribution in [3.8, 4) is 0 Å². The van der Waals surface area contributed by atoms with Gasteiger partial charge in [-0.25, -0.2) is 4.98 Å². The fraction of sp³-hybridized carbons (Fsp3) is 0.692. The zero-order valence-electron chi connectivity index (χ0n) is 13.1. The van der Waals surface area contributed by atoms with Gasteiger partial charge in [0.1, 0.15) is 10.7 Å². The highest BCUT2D eigenvalue weighted by molar-refractivity contribution is 7.84. The van der Waals surface area contributed by atoms with Gasteiger partial charge in [0.25, 0.3) is 5.91 Å². The minimum absolute atomic E-state index is 0.0538. The molecule has 1 heterocycles. The zero-order chi connectivity index (χ0) is 16.2. The van der Waals surface area contributed by atoms with Crippen molar-refractivity contribution >= 4 is 39.0 Å². The quantitative estimate of drug-likeness (QED) is 0.738. The Bertz CT molecular complexity index is 523. The van der Waals surface area contributed by atoms with E-state index in [9.17, 15) is 9.00 Å². The van der Waals surface area contributed by atoms with E-state index < -0.39 is 10.8 Å². The first-order valence-corrected chi connectivity index (χ1v) is 9.28. The molecule has 1 amide bonds. The first-order valence-electron chi connectivity index (χ1n) is 6.74. The van der Waals surface area contributed by atoms with Crippen LogP contribution in [0, 0.1) is 0 Å². The molecule has 2 atom stereocenters. The van der Waals surface area contributed by atoms with Gasteiger partial charge < -0.3 is 16.4 Å². The molecule has 0 aliphatic carbocycles. The van der Waals surface area contributed by atoms with E-state index in [4.69, 9.17) is 5.73 Å². The summed E-state index contributed by atoms with van der Waals surface area (Å²) in [7, 11) is -0.853. The highest BCUT2D eigenvalue weighted by atomic mass is 32.2. The van der Waals surface area contributed by atoms with E-state index in [1.807, 2.05) is 27.7 Å². The Balaban J connectivity index is 2.68. The molecule has 2 unspecified atom stereocenters. The average Bonchev–Trinajstić information content (AvgIpc) is 2.65. The van der Waals surface area contributed by atoms with Gasteiger partial charge in [-0.2, -0.15) is 0 Å². The molecule has 0 spiro atoms. The lowest BCUT2D eigenvalue weighted by molar-refractivity contribution is 0.0944. The SMILES string of the molecule is CC(CCS(C)=O)NC(=O)c1sc(NC(C)(C)C)nc1N. The number of rotatable bonds is 6. The van der Waals surface area contributed by atoms with E-state index in [2.05, 4.69) is 15.6 Å². The van der Waals surface area contributed by atoms with E-state index >= 15 is 0 Å². The van der Waals surface area contributed by atoms with Crippen molar-refractivity contribution in [2.45, 2.75) is 45.7 Å². The van der Waals surface area contributed by atoms with Gasteiger partial charge >= 0.3 is 0 Å². The lowest BCUT2D eigenvalue weighted by Gasteiger charge is -2.19. The molecule has 8 heteroatoms. The monoisotopic (exact) mass is 332 g/mol. The summed E-state index contributed by atoms with van der Waals surface area (Å²) in [6, 6.07) is -0.0538. The molecular weight excluding hydrogens is 308 g/mol. The van der Waals surface area contributed by atoms with Gasteiger partial charge in [0.15, 0.2) is 5.13 Å². The summed E-state index contributed by atoms with van der Waals surface area (Å²) in [5.41, 5.74) is 5.67. The molecule has 0 aliphatic heterocycles. The molecule has 0 bridgehead atoms. The molecular formula is C13H24N4O2S2. The van der Waals surface area contributed by atoms with Gasteiger partial charge in [-0.1, -0.05) is 11.3 Å². The van der Waals surface area contributed by atoms with Crippen LogP contribution >= 0.6 is 11.3 Å². The minimum Gasteiger partial charge on any atom is -0.382 e. The number of amides is 1. The summed E-state index contributed by atoms with van der Waals surface area (Å²) in [5, 5.41) is 6.69. The third kappa shape index (κ3) is 6.43. The molecule has 120 valence electrons. The van der Waals surface area contributed by atoms with Crippen LogP contribution in [0.25, 0.3) is 0 Å². The number of carbonyl (C=O) groups excluding carboxylic acids is 1. The maximum absolute atomic E-state index is 12.2. The molecule has 0 saturated heterocycles. The molecule has 1 aromatic heterocycles. The second-order valence-corrected chi connectivity index (χ2v) is 8.60. The van der Waals surface area contributed by atoms with Crippen molar-refractivity contribution in [1.82, 2.24) is 10.3 Å². The van der Waals surface area contributed by atoms with E-state index in [1.54, 1.807) is 6.26 Å². The van der Waals surface area contributed by atoms with Gasteiger partial charge in [0, 0.05) is 34.4 Å². The fourth-order valence-electron chi connectivity index (χ4n) is 1.57. The predicted molar refractivity (Wildman–Crippen MR) is 90.4 cm³/mol. The molecule has 1 aromatic rings. The van der Waals surface area contributed by atoms with Crippen LogP contribution in [0.4, 0.5) is 10.9 Å². The average molecular weight is 332 g/mol. The Hall–Kier alpha value is -1.15. The van der Waals surface area contributed by atoms with Crippen molar-refractivity contribution in [3.63, 3.8) is 0 Å². The van der Waals surface area contributed by atoms with Crippen molar-refractivity contribution in [2.24, 2.45) is 0 Å². The smallest absolute Gasteiger partial charge is 0.265 e. The summed E-state index contributed by atoms with van der Waals surface area (Å²) in [4.78, 5) is 16.8. The first kappa shape index (κ1) is 17.9. The molecule has 0 radical (unpaired) electrons. The Morgan fingerprint density at radius 3 is 2.62 bits per heavy atom. The second kappa shape index (κ2) is 7.22. The van der Waals surface area contributed by atoms with E-state index in [1.165, 1.54) is 11.3 Å². The topological polar surface area (TPSA) is 97.1 Å². The van der Waals surface area contributed by atoms with Gasteiger partial charge in [-0.05, 0) is 34.1 Å². The highest BCUT2D eigenvalue weighted by Crippen LogP contribution is 2.27. The van der Waals surface area contributed by atoms with Crippen molar-refractivity contribution < 1.29 is 9.00 Å². The number of nitrogen functional groups attached to an aromatic ring is 1. The molecule has 0 fully saturated rings. The lowest BCUT2D eigenvalue weighted by Crippen LogP contribution is -2.33. The standard InChI is InChI=1S/C13H24N4O2S2/c1-8(6-7-21(5)19)15-11(18)9-10(14)16-12(20-9)17-13(2,3)4/h8H,6-7,14H2,1-5H3,(H,15,18)(H,16,17). The molecule has 6 nitrogen and oxygen atoms in total. The van der Waals surface area contributed by atoms with E-state index in [0.29, 0.717) is 22.2 Å². The fourth-order valence-corrected chi connectivity index (χ4v) is 3.26. The molecule has 1 rings (SSSR count). The molecule has 0 aliphatic rings. The van der Waals surface area contributed by atoms with Gasteiger partial charge in [0.2, 0.25) is 0 Å². The Labute approximate surface area is 132 Å². The molecule has 0 aromatic carbocycles. The summed E-state index contributed by atoms with van der Waals surface area (Å²) < 4.78 is 11.1.